The van der Waals surface area contributed by atoms with Crippen LogP contribution in [0.3, 0.4) is 0 Å². The highest BCUT2D eigenvalue weighted by molar-refractivity contribution is 7.98. The summed E-state index contributed by atoms with van der Waals surface area (Å²) in [7, 11) is 0. The van der Waals surface area contributed by atoms with Gasteiger partial charge in [0.25, 0.3) is 5.91 Å². The third-order valence-corrected chi connectivity index (χ3v) is 5.08. The molecule has 0 atom stereocenters. The van der Waals surface area contributed by atoms with E-state index in [1.807, 2.05) is 35.4 Å². The molecule has 0 unspecified atom stereocenters. The van der Waals surface area contributed by atoms with Gasteiger partial charge in [-0.25, -0.2) is 0 Å². The number of piperazine rings is 1. The first kappa shape index (κ1) is 16.4. The van der Waals surface area contributed by atoms with Crippen LogP contribution in [0.2, 0.25) is 5.02 Å². The van der Waals surface area contributed by atoms with Crippen LogP contribution in [0.4, 0.5) is 0 Å². The summed E-state index contributed by atoms with van der Waals surface area (Å²) in [5, 5.41) is 0.519. The molecule has 1 aromatic heterocycles. The van der Waals surface area contributed by atoms with Gasteiger partial charge in [0.05, 0.1) is 23.4 Å². The summed E-state index contributed by atoms with van der Waals surface area (Å²) in [6, 6.07) is 9.49. The van der Waals surface area contributed by atoms with Gasteiger partial charge in [-0.3, -0.25) is 9.69 Å². The van der Waals surface area contributed by atoms with Crippen molar-refractivity contribution >= 4 is 29.3 Å². The predicted molar refractivity (Wildman–Crippen MR) is 93.1 cm³/mol. The van der Waals surface area contributed by atoms with Crippen LogP contribution in [0.5, 0.6) is 0 Å². The zero-order valence-corrected chi connectivity index (χ0v) is 14.6. The van der Waals surface area contributed by atoms with Gasteiger partial charge in [0.2, 0.25) is 0 Å². The molecular weight excluding hydrogens is 332 g/mol. The second-order valence-corrected chi connectivity index (χ2v) is 6.78. The van der Waals surface area contributed by atoms with E-state index >= 15 is 0 Å². The third-order valence-electron chi connectivity index (χ3n) is 4.02. The Morgan fingerprint density at radius 3 is 2.70 bits per heavy atom. The first-order valence-corrected chi connectivity index (χ1v) is 9.15. The Morgan fingerprint density at radius 1 is 1.26 bits per heavy atom. The van der Waals surface area contributed by atoms with Crippen molar-refractivity contribution in [2.24, 2.45) is 0 Å². The van der Waals surface area contributed by atoms with Crippen molar-refractivity contribution in [1.29, 1.82) is 0 Å². The Morgan fingerprint density at radius 2 is 2.04 bits per heavy atom. The number of carbonyl (C=O) groups excluding carboxylic acids is 1. The summed E-state index contributed by atoms with van der Waals surface area (Å²) in [4.78, 5) is 17.9. The maximum Gasteiger partial charge on any atom is 0.255 e. The number of hydrogen-bond acceptors (Lipinski definition) is 4. The molecule has 1 amide bonds. The lowest BCUT2D eigenvalue weighted by atomic mass is 10.1. The van der Waals surface area contributed by atoms with Gasteiger partial charge in [-0.05, 0) is 36.6 Å². The quantitative estimate of drug-likeness (QED) is 0.789. The first-order chi connectivity index (χ1) is 11.2. The molecular formula is C17H19ClN2O2S. The lowest BCUT2D eigenvalue weighted by Gasteiger charge is -2.34. The minimum atomic E-state index is 0.0172. The maximum absolute atomic E-state index is 12.7. The Labute approximate surface area is 145 Å². The molecule has 122 valence electrons. The van der Waals surface area contributed by atoms with E-state index in [2.05, 4.69) is 4.90 Å². The molecule has 23 heavy (non-hydrogen) atoms. The SMILES string of the molecule is CSc1ccc(Cl)c(C(=O)N2CCN(Cc3ccco3)CC2)c1. The number of hydrogen-bond donors (Lipinski definition) is 0. The normalized spacial score (nSPS) is 15.8. The molecule has 0 spiro atoms. The Bertz CT molecular complexity index is 667. The van der Waals surface area contributed by atoms with Crippen LogP contribution in [0.15, 0.2) is 45.9 Å². The van der Waals surface area contributed by atoms with E-state index in [1.54, 1.807) is 24.1 Å². The lowest BCUT2D eigenvalue weighted by Crippen LogP contribution is -2.48. The zero-order chi connectivity index (χ0) is 16.2. The summed E-state index contributed by atoms with van der Waals surface area (Å²) < 4.78 is 5.38. The molecule has 2 heterocycles. The van der Waals surface area contributed by atoms with Gasteiger partial charge >= 0.3 is 0 Å². The van der Waals surface area contributed by atoms with Crippen LogP contribution in [-0.2, 0) is 6.54 Å². The highest BCUT2D eigenvalue weighted by Crippen LogP contribution is 2.24. The van der Waals surface area contributed by atoms with E-state index < -0.39 is 0 Å². The Balaban J connectivity index is 1.62. The summed E-state index contributed by atoms with van der Waals surface area (Å²) in [5.41, 5.74) is 0.595. The summed E-state index contributed by atoms with van der Waals surface area (Å²) in [6.07, 6.45) is 3.68. The number of amides is 1. The molecule has 3 rings (SSSR count). The zero-order valence-electron chi connectivity index (χ0n) is 13.0. The van der Waals surface area contributed by atoms with Gasteiger partial charge in [-0.15, -0.1) is 11.8 Å². The largest absolute Gasteiger partial charge is 0.468 e. The van der Waals surface area contributed by atoms with Gasteiger partial charge in [0.15, 0.2) is 0 Å². The van der Waals surface area contributed by atoms with Crippen molar-refractivity contribution < 1.29 is 9.21 Å². The molecule has 1 aliphatic heterocycles. The fraction of sp³-hybridized carbons (Fsp3) is 0.353. The number of nitrogens with zero attached hydrogens (tertiary/aromatic N) is 2. The van der Waals surface area contributed by atoms with Crippen molar-refractivity contribution in [2.75, 3.05) is 32.4 Å². The second-order valence-electron chi connectivity index (χ2n) is 5.49. The van der Waals surface area contributed by atoms with Crippen LogP contribution in [0.1, 0.15) is 16.1 Å². The van der Waals surface area contributed by atoms with E-state index in [4.69, 9.17) is 16.0 Å². The van der Waals surface area contributed by atoms with E-state index in [-0.39, 0.29) is 5.91 Å². The fourth-order valence-electron chi connectivity index (χ4n) is 2.70. The molecule has 1 aliphatic rings. The van der Waals surface area contributed by atoms with Crippen molar-refractivity contribution in [3.8, 4) is 0 Å². The molecule has 0 bridgehead atoms. The van der Waals surface area contributed by atoms with Crippen LogP contribution in [0, 0.1) is 0 Å². The first-order valence-electron chi connectivity index (χ1n) is 7.55. The van der Waals surface area contributed by atoms with Gasteiger partial charge < -0.3 is 9.32 Å². The molecule has 4 nitrogen and oxygen atoms in total. The maximum atomic E-state index is 12.7. The van der Waals surface area contributed by atoms with E-state index in [0.29, 0.717) is 23.7 Å². The van der Waals surface area contributed by atoms with Gasteiger partial charge in [0, 0.05) is 31.1 Å². The second kappa shape index (κ2) is 7.43. The summed E-state index contributed by atoms with van der Waals surface area (Å²) in [6.45, 7) is 3.88. The van der Waals surface area contributed by atoms with Crippen molar-refractivity contribution in [1.82, 2.24) is 9.80 Å². The standard InChI is InChI=1S/C17H19ClN2O2S/c1-23-14-4-5-16(18)15(11-14)17(21)20-8-6-19(7-9-20)12-13-3-2-10-22-13/h2-5,10-11H,6-9,12H2,1H3. The van der Waals surface area contributed by atoms with Crippen LogP contribution < -0.4 is 0 Å². The number of carbonyl (C=O) groups is 1. The van der Waals surface area contributed by atoms with E-state index in [9.17, 15) is 4.79 Å². The molecule has 0 radical (unpaired) electrons. The minimum Gasteiger partial charge on any atom is -0.468 e. The average molecular weight is 351 g/mol. The Hall–Kier alpha value is -1.43. The number of thioether (sulfide) groups is 1. The highest BCUT2D eigenvalue weighted by Gasteiger charge is 2.24. The molecule has 1 fully saturated rings. The minimum absolute atomic E-state index is 0.0172. The monoisotopic (exact) mass is 350 g/mol. The Kier molecular flexibility index (Phi) is 5.30. The van der Waals surface area contributed by atoms with E-state index in [1.165, 1.54) is 0 Å². The van der Waals surface area contributed by atoms with Crippen LogP contribution in [0.25, 0.3) is 0 Å². The smallest absolute Gasteiger partial charge is 0.255 e. The molecule has 0 saturated carbocycles. The number of furan rings is 1. The van der Waals surface area contributed by atoms with Crippen LogP contribution >= 0.6 is 23.4 Å². The van der Waals surface area contributed by atoms with Crippen molar-refractivity contribution in [3.63, 3.8) is 0 Å². The molecule has 2 aromatic rings. The van der Waals surface area contributed by atoms with Gasteiger partial charge in [-0.2, -0.15) is 0 Å². The predicted octanol–water partition coefficient (Wildman–Crippen LogP) is 3.61. The van der Waals surface area contributed by atoms with Gasteiger partial charge in [-0.1, -0.05) is 11.6 Å². The summed E-state index contributed by atoms with van der Waals surface area (Å²) in [5.74, 6) is 0.976. The molecule has 0 aliphatic carbocycles. The molecule has 1 aromatic carbocycles. The van der Waals surface area contributed by atoms with Crippen LogP contribution in [-0.4, -0.2) is 48.1 Å². The number of rotatable bonds is 4. The highest BCUT2D eigenvalue weighted by atomic mass is 35.5. The molecule has 1 saturated heterocycles. The fourth-order valence-corrected chi connectivity index (χ4v) is 3.34. The summed E-state index contributed by atoms with van der Waals surface area (Å²) >= 11 is 7.82. The third kappa shape index (κ3) is 3.91. The van der Waals surface area contributed by atoms with Gasteiger partial charge in [0.1, 0.15) is 5.76 Å². The number of benzene rings is 1. The van der Waals surface area contributed by atoms with Crippen molar-refractivity contribution in [2.45, 2.75) is 11.4 Å². The molecule has 0 N–H and O–H groups in total. The topological polar surface area (TPSA) is 36.7 Å². The molecule has 6 heteroatoms. The average Bonchev–Trinajstić information content (AvgIpc) is 3.08. The lowest BCUT2D eigenvalue weighted by molar-refractivity contribution is 0.0620. The van der Waals surface area contributed by atoms with E-state index in [0.717, 1.165) is 30.3 Å². The number of halogens is 1. The van der Waals surface area contributed by atoms with Crippen molar-refractivity contribution in [3.05, 3.63) is 52.9 Å².